The van der Waals surface area contributed by atoms with Crippen LogP contribution in [0.25, 0.3) is 10.9 Å². The van der Waals surface area contributed by atoms with E-state index in [9.17, 15) is 14.3 Å². The number of hydrogen-bond donors (Lipinski definition) is 3. The van der Waals surface area contributed by atoms with Gasteiger partial charge in [0.1, 0.15) is 5.82 Å². The lowest BCUT2D eigenvalue weighted by atomic mass is 9.92. The number of benzene rings is 1. The molecule has 0 radical (unpaired) electrons. The molecule has 4 rings (SSSR count). The third kappa shape index (κ3) is 3.87. The predicted molar refractivity (Wildman–Crippen MR) is 103 cm³/mol. The highest BCUT2D eigenvalue weighted by atomic mass is 19.1. The van der Waals surface area contributed by atoms with Crippen molar-refractivity contribution in [3.63, 3.8) is 0 Å². The maximum atomic E-state index is 14.6. The van der Waals surface area contributed by atoms with Crippen molar-refractivity contribution in [2.24, 2.45) is 5.92 Å². The van der Waals surface area contributed by atoms with Crippen LogP contribution in [0.5, 0.6) is 0 Å². The molecular weight excluding hydrogens is 345 g/mol. The maximum Gasteiger partial charge on any atom is 0.253 e. The first kappa shape index (κ1) is 18.4. The molecular formula is C21H28FN3O2. The molecule has 2 atom stereocenters. The van der Waals surface area contributed by atoms with E-state index in [2.05, 4.69) is 10.6 Å². The number of aromatic nitrogens is 1. The van der Waals surface area contributed by atoms with Crippen molar-refractivity contribution in [1.82, 2.24) is 15.2 Å². The van der Waals surface area contributed by atoms with Crippen molar-refractivity contribution in [2.75, 3.05) is 13.1 Å². The van der Waals surface area contributed by atoms with Crippen molar-refractivity contribution < 1.29 is 14.3 Å². The molecule has 6 heteroatoms. The summed E-state index contributed by atoms with van der Waals surface area (Å²) in [7, 11) is 0. The number of carbonyl (C=O) groups excluding carboxylic acids is 1. The summed E-state index contributed by atoms with van der Waals surface area (Å²) in [6.07, 6.45) is 6.90. The van der Waals surface area contributed by atoms with Crippen LogP contribution in [0.2, 0.25) is 0 Å². The van der Waals surface area contributed by atoms with Crippen LogP contribution in [0.3, 0.4) is 0 Å². The minimum Gasteiger partial charge on any atom is -0.391 e. The lowest BCUT2D eigenvalue weighted by Crippen LogP contribution is -2.45. The van der Waals surface area contributed by atoms with E-state index < -0.39 is 6.10 Å². The summed E-state index contributed by atoms with van der Waals surface area (Å²) in [5.41, 5.74) is 1.14. The molecule has 27 heavy (non-hydrogen) atoms. The van der Waals surface area contributed by atoms with Crippen LogP contribution in [0, 0.1) is 11.7 Å². The Balaban J connectivity index is 1.62. The van der Waals surface area contributed by atoms with Crippen molar-refractivity contribution >= 4 is 16.8 Å². The lowest BCUT2D eigenvalue weighted by molar-refractivity contribution is 0.0718. The van der Waals surface area contributed by atoms with Gasteiger partial charge in [-0.25, -0.2) is 4.39 Å². The number of nitrogens with one attached hydrogen (secondary N) is 2. The SMILES string of the molecule is O=C(NC1CCCCC1O)c1cn(CC2CCNCC2)c2cccc(F)c12. The molecule has 1 aliphatic heterocycles. The first-order chi connectivity index (χ1) is 13.1. The second-order valence-electron chi connectivity index (χ2n) is 7.95. The summed E-state index contributed by atoms with van der Waals surface area (Å²) in [4.78, 5) is 12.9. The molecule has 0 spiro atoms. The van der Waals surface area contributed by atoms with E-state index in [4.69, 9.17) is 0 Å². The number of nitrogens with zero attached hydrogens (tertiary/aromatic N) is 1. The topological polar surface area (TPSA) is 66.3 Å². The Hall–Kier alpha value is -1.92. The second kappa shape index (κ2) is 7.98. The molecule has 1 aliphatic carbocycles. The molecule has 1 aromatic heterocycles. The number of aliphatic hydroxyl groups excluding tert-OH is 1. The van der Waals surface area contributed by atoms with Crippen LogP contribution in [-0.2, 0) is 6.54 Å². The van der Waals surface area contributed by atoms with Crippen molar-refractivity contribution in [3.8, 4) is 0 Å². The standard InChI is InChI=1S/C21H28FN3O2/c22-16-4-3-6-18-20(16)15(13-25(18)12-14-8-10-23-11-9-14)21(27)24-17-5-1-2-7-19(17)26/h3-4,6,13-14,17,19,23,26H,1-2,5,7-12H2,(H,24,27). The Morgan fingerprint density at radius 1 is 1.22 bits per heavy atom. The number of aliphatic hydroxyl groups is 1. The van der Waals surface area contributed by atoms with E-state index in [1.54, 1.807) is 12.3 Å². The van der Waals surface area contributed by atoms with E-state index in [0.717, 1.165) is 57.3 Å². The molecule has 1 saturated carbocycles. The third-order valence-corrected chi connectivity index (χ3v) is 6.06. The first-order valence-electron chi connectivity index (χ1n) is 10.1. The number of piperidine rings is 1. The smallest absolute Gasteiger partial charge is 0.253 e. The van der Waals surface area contributed by atoms with Crippen LogP contribution in [-0.4, -0.2) is 40.8 Å². The summed E-state index contributed by atoms with van der Waals surface area (Å²) in [6.45, 7) is 2.80. The fourth-order valence-corrected chi connectivity index (χ4v) is 4.50. The molecule has 2 aliphatic rings. The summed E-state index contributed by atoms with van der Waals surface area (Å²) in [6, 6.07) is 4.74. The molecule has 0 bridgehead atoms. The van der Waals surface area contributed by atoms with E-state index >= 15 is 0 Å². The summed E-state index contributed by atoms with van der Waals surface area (Å²) >= 11 is 0. The van der Waals surface area contributed by atoms with Gasteiger partial charge in [-0.2, -0.15) is 0 Å². The van der Waals surface area contributed by atoms with Gasteiger partial charge in [-0.05, 0) is 56.8 Å². The Bertz CT molecular complexity index is 813. The van der Waals surface area contributed by atoms with Gasteiger partial charge in [0.25, 0.3) is 5.91 Å². The van der Waals surface area contributed by atoms with E-state index in [-0.39, 0.29) is 17.8 Å². The highest BCUT2D eigenvalue weighted by Crippen LogP contribution is 2.27. The fourth-order valence-electron chi connectivity index (χ4n) is 4.50. The number of carbonyl (C=O) groups is 1. The van der Waals surface area contributed by atoms with Gasteiger partial charge in [-0.15, -0.1) is 0 Å². The lowest BCUT2D eigenvalue weighted by Gasteiger charge is -2.28. The molecule has 2 heterocycles. The Morgan fingerprint density at radius 2 is 2.00 bits per heavy atom. The maximum absolute atomic E-state index is 14.6. The van der Waals surface area contributed by atoms with E-state index in [1.165, 1.54) is 6.07 Å². The monoisotopic (exact) mass is 373 g/mol. The van der Waals surface area contributed by atoms with Gasteiger partial charge in [0, 0.05) is 18.1 Å². The third-order valence-electron chi connectivity index (χ3n) is 6.06. The number of halogens is 1. The van der Waals surface area contributed by atoms with E-state index in [1.807, 2.05) is 10.6 Å². The van der Waals surface area contributed by atoms with Gasteiger partial charge in [-0.1, -0.05) is 18.9 Å². The van der Waals surface area contributed by atoms with Crippen LogP contribution in [0.1, 0.15) is 48.9 Å². The summed E-state index contributed by atoms with van der Waals surface area (Å²) in [5.74, 6) is -0.132. The second-order valence-corrected chi connectivity index (χ2v) is 7.95. The molecule has 1 aromatic carbocycles. The summed E-state index contributed by atoms with van der Waals surface area (Å²) < 4.78 is 16.6. The highest BCUT2D eigenvalue weighted by molar-refractivity contribution is 6.07. The normalized spacial score (nSPS) is 24.2. The number of hydrogen-bond acceptors (Lipinski definition) is 3. The van der Waals surface area contributed by atoms with Crippen molar-refractivity contribution in [3.05, 3.63) is 35.8 Å². The van der Waals surface area contributed by atoms with Crippen molar-refractivity contribution in [2.45, 2.75) is 57.2 Å². The zero-order valence-electron chi connectivity index (χ0n) is 15.6. The molecule has 2 aromatic rings. The minimum absolute atomic E-state index is 0.249. The predicted octanol–water partition coefficient (Wildman–Crippen LogP) is 2.81. The van der Waals surface area contributed by atoms with Gasteiger partial charge in [0.15, 0.2) is 0 Å². The zero-order chi connectivity index (χ0) is 18.8. The molecule has 146 valence electrons. The molecule has 3 N–H and O–H groups in total. The van der Waals surface area contributed by atoms with Crippen LogP contribution >= 0.6 is 0 Å². The Kier molecular flexibility index (Phi) is 5.45. The molecule has 1 saturated heterocycles. The minimum atomic E-state index is -0.518. The number of rotatable bonds is 4. The van der Waals surface area contributed by atoms with Gasteiger partial charge in [0.2, 0.25) is 0 Å². The average molecular weight is 373 g/mol. The quantitative estimate of drug-likeness (QED) is 0.772. The van der Waals surface area contributed by atoms with Gasteiger partial charge in [-0.3, -0.25) is 4.79 Å². The number of fused-ring (bicyclic) bond motifs is 1. The largest absolute Gasteiger partial charge is 0.391 e. The zero-order valence-corrected chi connectivity index (χ0v) is 15.6. The van der Waals surface area contributed by atoms with E-state index in [0.29, 0.717) is 23.3 Å². The van der Waals surface area contributed by atoms with Crippen LogP contribution in [0.15, 0.2) is 24.4 Å². The molecule has 1 amide bonds. The van der Waals surface area contributed by atoms with Gasteiger partial charge >= 0.3 is 0 Å². The first-order valence-corrected chi connectivity index (χ1v) is 10.1. The summed E-state index contributed by atoms with van der Waals surface area (Å²) in [5, 5.41) is 16.8. The number of amides is 1. The Labute approximate surface area is 158 Å². The molecule has 2 fully saturated rings. The average Bonchev–Trinajstić information content (AvgIpc) is 3.04. The van der Waals surface area contributed by atoms with Gasteiger partial charge in [0.05, 0.1) is 23.2 Å². The Morgan fingerprint density at radius 3 is 2.78 bits per heavy atom. The highest BCUT2D eigenvalue weighted by Gasteiger charge is 2.27. The van der Waals surface area contributed by atoms with Crippen molar-refractivity contribution in [1.29, 1.82) is 0 Å². The van der Waals surface area contributed by atoms with Crippen LogP contribution < -0.4 is 10.6 Å². The molecule has 5 nitrogen and oxygen atoms in total. The fraction of sp³-hybridized carbons (Fsp3) is 0.571. The van der Waals surface area contributed by atoms with Gasteiger partial charge < -0.3 is 20.3 Å². The van der Waals surface area contributed by atoms with Crippen LogP contribution in [0.4, 0.5) is 4.39 Å². The molecule has 2 unspecified atom stereocenters.